The van der Waals surface area contributed by atoms with Crippen molar-refractivity contribution >= 4 is 6.09 Å². The van der Waals surface area contributed by atoms with Crippen molar-refractivity contribution in [2.45, 2.75) is 51.9 Å². The van der Waals surface area contributed by atoms with Crippen LogP contribution in [0.5, 0.6) is 0 Å². The van der Waals surface area contributed by atoms with Gasteiger partial charge in [0, 0.05) is 6.54 Å². The molecule has 5 heteroatoms. The van der Waals surface area contributed by atoms with Crippen molar-refractivity contribution in [3.8, 4) is 0 Å². The van der Waals surface area contributed by atoms with Gasteiger partial charge in [0.1, 0.15) is 5.60 Å². The zero-order valence-corrected chi connectivity index (χ0v) is 13.2. The van der Waals surface area contributed by atoms with Crippen LogP contribution in [-0.2, 0) is 11.2 Å². The highest BCUT2D eigenvalue weighted by atomic mass is 16.6. The lowest BCUT2D eigenvalue weighted by Crippen LogP contribution is -2.49. The van der Waals surface area contributed by atoms with Crippen LogP contribution in [0.3, 0.4) is 0 Å². The topological polar surface area (TPSA) is 84.6 Å². The molecule has 1 rings (SSSR count). The molecule has 0 aliphatic carbocycles. The van der Waals surface area contributed by atoms with E-state index in [0.717, 1.165) is 11.1 Å². The Morgan fingerprint density at radius 2 is 1.90 bits per heavy atom. The number of hydrogen-bond donors (Lipinski definition) is 3. The summed E-state index contributed by atoms with van der Waals surface area (Å²) in [5.41, 5.74) is 7.12. The highest BCUT2D eigenvalue weighted by Crippen LogP contribution is 2.11. The minimum absolute atomic E-state index is 0.0757. The molecule has 0 heterocycles. The van der Waals surface area contributed by atoms with Gasteiger partial charge in [-0.3, -0.25) is 0 Å². The molecule has 0 aliphatic rings. The monoisotopic (exact) mass is 294 g/mol. The minimum Gasteiger partial charge on any atom is -0.444 e. The molecule has 1 aromatic rings. The molecule has 0 saturated heterocycles. The Morgan fingerprint density at radius 1 is 1.33 bits per heavy atom. The first kappa shape index (κ1) is 17.5. The van der Waals surface area contributed by atoms with Gasteiger partial charge in [0.25, 0.3) is 0 Å². The Kier molecular flexibility index (Phi) is 6.18. The molecule has 5 nitrogen and oxygen atoms in total. The predicted molar refractivity (Wildman–Crippen MR) is 83.1 cm³/mol. The van der Waals surface area contributed by atoms with Crippen LogP contribution >= 0.6 is 0 Å². The summed E-state index contributed by atoms with van der Waals surface area (Å²) in [6.45, 7) is 7.46. The standard InChI is InChI=1S/C16H26N2O3/c1-11-5-7-12(8-6-11)9-13(14(19)10-17)18-15(20)21-16(2,3)4/h5-8,13-14,19H,9-10,17H2,1-4H3,(H,18,20)/t13?,14-/m0/s1. The number of alkyl carbamates (subject to hydrolysis) is 1. The first-order valence-corrected chi connectivity index (χ1v) is 7.14. The molecule has 0 fully saturated rings. The van der Waals surface area contributed by atoms with Crippen molar-refractivity contribution in [1.82, 2.24) is 5.32 Å². The molecule has 0 aliphatic heterocycles. The lowest BCUT2D eigenvalue weighted by atomic mass is 10.0. The summed E-state index contributed by atoms with van der Waals surface area (Å²) in [5.74, 6) is 0. The maximum atomic E-state index is 11.8. The second-order valence-corrected chi connectivity index (χ2v) is 6.25. The molecule has 0 spiro atoms. The van der Waals surface area contributed by atoms with Crippen molar-refractivity contribution in [2.75, 3.05) is 6.54 Å². The van der Waals surface area contributed by atoms with E-state index in [9.17, 15) is 9.90 Å². The molecule has 4 N–H and O–H groups in total. The Hall–Kier alpha value is -1.59. The number of ether oxygens (including phenoxy) is 1. The van der Waals surface area contributed by atoms with Crippen LogP contribution in [0.15, 0.2) is 24.3 Å². The number of hydrogen-bond acceptors (Lipinski definition) is 4. The molecule has 21 heavy (non-hydrogen) atoms. The average molecular weight is 294 g/mol. The van der Waals surface area contributed by atoms with Crippen molar-refractivity contribution in [1.29, 1.82) is 0 Å². The summed E-state index contributed by atoms with van der Waals surface area (Å²) in [4.78, 5) is 11.8. The van der Waals surface area contributed by atoms with E-state index in [4.69, 9.17) is 10.5 Å². The number of carbonyl (C=O) groups is 1. The van der Waals surface area contributed by atoms with E-state index in [1.165, 1.54) is 0 Å². The maximum absolute atomic E-state index is 11.8. The molecular weight excluding hydrogens is 268 g/mol. The smallest absolute Gasteiger partial charge is 0.407 e. The van der Waals surface area contributed by atoms with Gasteiger partial charge in [-0.15, -0.1) is 0 Å². The molecule has 0 radical (unpaired) electrons. The van der Waals surface area contributed by atoms with Gasteiger partial charge in [-0.05, 0) is 39.7 Å². The second kappa shape index (κ2) is 7.43. The Balaban J connectivity index is 2.72. The van der Waals surface area contributed by atoms with Crippen molar-refractivity contribution in [2.24, 2.45) is 5.73 Å². The Bertz CT molecular complexity index is 452. The number of aryl methyl sites for hydroxylation is 1. The number of amides is 1. The van der Waals surface area contributed by atoms with Gasteiger partial charge in [0.15, 0.2) is 0 Å². The van der Waals surface area contributed by atoms with E-state index >= 15 is 0 Å². The van der Waals surface area contributed by atoms with Crippen LogP contribution in [0.25, 0.3) is 0 Å². The summed E-state index contributed by atoms with van der Waals surface area (Å²) in [5, 5.41) is 12.7. The number of nitrogens with two attached hydrogens (primary N) is 1. The fourth-order valence-electron chi connectivity index (χ4n) is 1.88. The van der Waals surface area contributed by atoms with Crippen LogP contribution in [0.2, 0.25) is 0 Å². The maximum Gasteiger partial charge on any atom is 0.407 e. The lowest BCUT2D eigenvalue weighted by Gasteiger charge is -2.26. The van der Waals surface area contributed by atoms with Gasteiger partial charge < -0.3 is 20.9 Å². The predicted octanol–water partition coefficient (Wildman–Crippen LogP) is 1.75. The quantitative estimate of drug-likeness (QED) is 0.772. The van der Waals surface area contributed by atoms with E-state index in [-0.39, 0.29) is 6.54 Å². The summed E-state index contributed by atoms with van der Waals surface area (Å²) < 4.78 is 5.22. The molecule has 1 aromatic carbocycles. The SMILES string of the molecule is Cc1ccc(CC(NC(=O)OC(C)(C)C)[C@@H](O)CN)cc1. The van der Waals surface area contributed by atoms with Gasteiger partial charge in [0.2, 0.25) is 0 Å². The third-order valence-electron chi connectivity index (χ3n) is 2.98. The largest absolute Gasteiger partial charge is 0.444 e. The van der Waals surface area contributed by atoms with Gasteiger partial charge in [-0.1, -0.05) is 29.8 Å². The van der Waals surface area contributed by atoms with E-state index in [2.05, 4.69) is 5.32 Å². The van der Waals surface area contributed by atoms with Gasteiger partial charge in [-0.2, -0.15) is 0 Å². The summed E-state index contributed by atoms with van der Waals surface area (Å²) in [7, 11) is 0. The first-order valence-electron chi connectivity index (χ1n) is 7.14. The molecule has 0 bridgehead atoms. The number of aliphatic hydroxyl groups is 1. The van der Waals surface area contributed by atoms with Gasteiger partial charge in [0.05, 0.1) is 12.1 Å². The average Bonchev–Trinajstić information content (AvgIpc) is 2.37. The zero-order valence-electron chi connectivity index (χ0n) is 13.2. The molecule has 2 atom stereocenters. The van der Waals surface area contributed by atoms with Gasteiger partial charge in [-0.25, -0.2) is 4.79 Å². The van der Waals surface area contributed by atoms with Crippen LogP contribution in [0, 0.1) is 6.92 Å². The fraction of sp³-hybridized carbons (Fsp3) is 0.562. The number of carbonyl (C=O) groups excluding carboxylic acids is 1. The van der Waals surface area contributed by atoms with Crippen LogP contribution in [0.1, 0.15) is 31.9 Å². The van der Waals surface area contributed by atoms with Crippen LogP contribution in [0.4, 0.5) is 4.79 Å². The number of rotatable bonds is 5. The summed E-state index contributed by atoms with van der Waals surface area (Å²) in [6, 6.07) is 7.46. The van der Waals surface area contributed by atoms with E-state index in [0.29, 0.717) is 6.42 Å². The lowest BCUT2D eigenvalue weighted by molar-refractivity contribution is 0.0430. The molecule has 1 amide bonds. The fourth-order valence-corrected chi connectivity index (χ4v) is 1.88. The Labute approximate surface area is 126 Å². The third-order valence-corrected chi connectivity index (χ3v) is 2.98. The zero-order chi connectivity index (χ0) is 16.0. The molecule has 118 valence electrons. The highest BCUT2D eigenvalue weighted by Gasteiger charge is 2.24. The number of nitrogens with one attached hydrogen (secondary N) is 1. The van der Waals surface area contributed by atoms with E-state index in [1.54, 1.807) is 20.8 Å². The van der Waals surface area contributed by atoms with Gasteiger partial charge >= 0.3 is 6.09 Å². The van der Waals surface area contributed by atoms with E-state index < -0.39 is 23.8 Å². The second-order valence-electron chi connectivity index (χ2n) is 6.25. The van der Waals surface area contributed by atoms with Crippen molar-refractivity contribution < 1.29 is 14.6 Å². The molecule has 0 aromatic heterocycles. The first-order chi connectivity index (χ1) is 9.71. The third kappa shape index (κ3) is 6.60. The van der Waals surface area contributed by atoms with E-state index in [1.807, 2.05) is 31.2 Å². The van der Waals surface area contributed by atoms with Crippen LogP contribution in [-0.4, -0.2) is 35.5 Å². The Morgan fingerprint density at radius 3 is 2.38 bits per heavy atom. The van der Waals surface area contributed by atoms with Crippen LogP contribution < -0.4 is 11.1 Å². The van der Waals surface area contributed by atoms with Crippen molar-refractivity contribution in [3.05, 3.63) is 35.4 Å². The van der Waals surface area contributed by atoms with Crippen molar-refractivity contribution in [3.63, 3.8) is 0 Å². The molecule has 1 unspecified atom stereocenters. The molecule has 0 saturated carbocycles. The summed E-state index contributed by atoms with van der Waals surface area (Å²) >= 11 is 0. The molecular formula is C16H26N2O3. The summed E-state index contributed by atoms with van der Waals surface area (Å²) in [6.07, 6.45) is -0.872. The normalized spacial score (nSPS) is 14.4. The number of benzene rings is 1. The number of aliphatic hydroxyl groups excluding tert-OH is 1. The highest BCUT2D eigenvalue weighted by molar-refractivity contribution is 5.68. The minimum atomic E-state index is -0.821.